The van der Waals surface area contributed by atoms with Gasteiger partial charge in [0.15, 0.2) is 5.78 Å². The van der Waals surface area contributed by atoms with Gasteiger partial charge >= 0.3 is 0 Å². The first-order chi connectivity index (χ1) is 9.49. The molecule has 0 bridgehead atoms. The van der Waals surface area contributed by atoms with E-state index in [-0.39, 0.29) is 17.6 Å². The highest BCUT2D eigenvalue weighted by Gasteiger charge is 2.21. The van der Waals surface area contributed by atoms with E-state index in [9.17, 15) is 9.59 Å². The minimum absolute atomic E-state index is 0.0317. The van der Waals surface area contributed by atoms with Gasteiger partial charge in [0.25, 0.3) is 5.91 Å². The maximum atomic E-state index is 12.2. The summed E-state index contributed by atoms with van der Waals surface area (Å²) in [5.41, 5.74) is 1.38. The molecule has 1 amide bonds. The first kappa shape index (κ1) is 14.2. The van der Waals surface area contributed by atoms with Gasteiger partial charge in [-0.2, -0.15) is 0 Å². The number of rotatable bonds is 4. The summed E-state index contributed by atoms with van der Waals surface area (Å²) >= 11 is 0. The molecule has 0 saturated carbocycles. The SMILES string of the molecule is CC(=O)C(NC(=O)c1ccc2ncccc2c1)C(C)C. The molecule has 0 fully saturated rings. The van der Waals surface area contributed by atoms with Crippen molar-refractivity contribution in [1.29, 1.82) is 0 Å². The molecule has 4 heteroatoms. The van der Waals surface area contributed by atoms with Gasteiger partial charge < -0.3 is 5.32 Å². The Morgan fingerprint density at radius 3 is 2.60 bits per heavy atom. The number of hydrogen-bond acceptors (Lipinski definition) is 3. The molecule has 1 unspecified atom stereocenters. The lowest BCUT2D eigenvalue weighted by molar-refractivity contribution is -0.119. The van der Waals surface area contributed by atoms with Crippen LogP contribution in [0, 0.1) is 5.92 Å². The van der Waals surface area contributed by atoms with E-state index in [4.69, 9.17) is 0 Å². The lowest BCUT2D eigenvalue weighted by Gasteiger charge is -2.19. The van der Waals surface area contributed by atoms with Crippen LogP contribution in [0.25, 0.3) is 10.9 Å². The zero-order chi connectivity index (χ0) is 14.7. The van der Waals surface area contributed by atoms with Crippen molar-refractivity contribution >= 4 is 22.6 Å². The second-order valence-electron chi connectivity index (χ2n) is 5.22. The highest BCUT2D eigenvalue weighted by molar-refractivity contribution is 6.00. The summed E-state index contributed by atoms with van der Waals surface area (Å²) in [5.74, 6) is -0.195. The summed E-state index contributed by atoms with van der Waals surface area (Å²) in [6.45, 7) is 5.32. The Bertz CT molecular complexity index is 650. The van der Waals surface area contributed by atoms with E-state index < -0.39 is 6.04 Å². The van der Waals surface area contributed by atoms with Crippen LogP contribution in [0.1, 0.15) is 31.1 Å². The number of pyridine rings is 1. The van der Waals surface area contributed by atoms with Crippen LogP contribution in [0.15, 0.2) is 36.5 Å². The zero-order valence-corrected chi connectivity index (χ0v) is 11.9. The van der Waals surface area contributed by atoms with Crippen molar-refractivity contribution in [3.63, 3.8) is 0 Å². The predicted molar refractivity (Wildman–Crippen MR) is 78.5 cm³/mol. The predicted octanol–water partition coefficient (Wildman–Crippen LogP) is 2.58. The van der Waals surface area contributed by atoms with Crippen LogP contribution >= 0.6 is 0 Å². The van der Waals surface area contributed by atoms with E-state index in [0.717, 1.165) is 10.9 Å². The number of fused-ring (bicyclic) bond motifs is 1. The number of benzene rings is 1. The van der Waals surface area contributed by atoms with Crippen molar-refractivity contribution in [2.45, 2.75) is 26.8 Å². The van der Waals surface area contributed by atoms with Crippen LogP contribution in [0.3, 0.4) is 0 Å². The summed E-state index contributed by atoms with van der Waals surface area (Å²) in [6, 6.07) is 8.60. The minimum Gasteiger partial charge on any atom is -0.342 e. The Kier molecular flexibility index (Phi) is 4.13. The van der Waals surface area contributed by atoms with Crippen molar-refractivity contribution in [3.8, 4) is 0 Å². The number of carbonyl (C=O) groups is 2. The first-order valence-corrected chi connectivity index (χ1v) is 6.65. The summed E-state index contributed by atoms with van der Waals surface area (Å²) in [7, 11) is 0. The fraction of sp³-hybridized carbons (Fsp3) is 0.312. The third-order valence-corrected chi connectivity index (χ3v) is 3.26. The number of carbonyl (C=O) groups excluding carboxylic acids is 2. The van der Waals surface area contributed by atoms with Crippen LogP contribution in [-0.2, 0) is 4.79 Å². The second-order valence-corrected chi connectivity index (χ2v) is 5.22. The molecule has 104 valence electrons. The van der Waals surface area contributed by atoms with Crippen LogP contribution in [-0.4, -0.2) is 22.7 Å². The smallest absolute Gasteiger partial charge is 0.251 e. The Hall–Kier alpha value is -2.23. The number of aromatic nitrogens is 1. The molecule has 1 aromatic heterocycles. The van der Waals surface area contributed by atoms with Gasteiger partial charge in [-0.25, -0.2) is 0 Å². The highest BCUT2D eigenvalue weighted by atomic mass is 16.2. The average molecular weight is 270 g/mol. The standard InChI is InChI=1S/C16H18N2O2/c1-10(2)15(11(3)19)18-16(20)13-6-7-14-12(9-13)5-4-8-17-14/h4-10,15H,1-3H3,(H,18,20). The van der Waals surface area contributed by atoms with Crippen molar-refractivity contribution in [2.24, 2.45) is 5.92 Å². The summed E-state index contributed by atoms with van der Waals surface area (Å²) in [5, 5.41) is 3.69. The van der Waals surface area contributed by atoms with Crippen LogP contribution in [0.4, 0.5) is 0 Å². The van der Waals surface area contributed by atoms with Gasteiger partial charge in [0.1, 0.15) is 0 Å². The number of nitrogens with zero attached hydrogens (tertiary/aromatic N) is 1. The van der Waals surface area contributed by atoms with Gasteiger partial charge in [0, 0.05) is 17.1 Å². The molecule has 0 aliphatic rings. The Labute approximate surface area is 118 Å². The molecule has 2 aromatic rings. The molecular weight excluding hydrogens is 252 g/mol. The number of Topliss-reactive ketones (excluding diaryl/α,β-unsaturated/α-hetero) is 1. The van der Waals surface area contributed by atoms with Gasteiger partial charge in [0.2, 0.25) is 0 Å². The summed E-state index contributed by atoms with van der Waals surface area (Å²) in [4.78, 5) is 28.0. The summed E-state index contributed by atoms with van der Waals surface area (Å²) in [6.07, 6.45) is 1.71. The number of nitrogens with one attached hydrogen (secondary N) is 1. The van der Waals surface area contributed by atoms with Crippen LogP contribution in [0.5, 0.6) is 0 Å². The monoisotopic (exact) mass is 270 g/mol. The summed E-state index contributed by atoms with van der Waals surface area (Å²) < 4.78 is 0. The highest BCUT2D eigenvalue weighted by Crippen LogP contribution is 2.14. The quantitative estimate of drug-likeness (QED) is 0.929. The van der Waals surface area contributed by atoms with Crippen molar-refractivity contribution in [3.05, 3.63) is 42.1 Å². The molecular formula is C16H18N2O2. The van der Waals surface area contributed by atoms with Gasteiger partial charge in [-0.1, -0.05) is 19.9 Å². The molecule has 20 heavy (non-hydrogen) atoms. The van der Waals surface area contributed by atoms with Gasteiger partial charge in [-0.05, 0) is 37.1 Å². The second kappa shape index (κ2) is 5.82. The van der Waals surface area contributed by atoms with E-state index in [1.165, 1.54) is 6.92 Å². The lowest BCUT2D eigenvalue weighted by atomic mass is 10.00. The average Bonchev–Trinajstić information content (AvgIpc) is 2.43. The fourth-order valence-electron chi connectivity index (χ4n) is 2.18. The number of hydrogen-bond donors (Lipinski definition) is 1. The topological polar surface area (TPSA) is 59.1 Å². The molecule has 1 atom stereocenters. The Balaban J connectivity index is 2.24. The van der Waals surface area contributed by atoms with Crippen molar-refractivity contribution in [1.82, 2.24) is 10.3 Å². The van der Waals surface area contributed by atoms with Gasteiger partial charge in [0.05, 0.1) is 11.6 Å². The van der Waals surface area contributed by atoms with Crippen molar-refractivity contribution in [2.75, 3.05) is 0 Å². The molecule has 0 aliphatic heterocycles. The Morgan fingerprint density at radius 1 is 1.20 bits per heavy atom. The molecule has 0 radical (unpaired) electrons. The normalized spacial score (nSPS) is 12.4. The van der Waals surface area contributed by atoms with Crippen LogP contribution < -0.4 is 5.32 Å². The molecule has 0 aliphatic carbocycles. The third kappa shape index (κ3) is 3.02. The molecule has 2 rings (SSSR count). The molecule has 0 spiro atoms. The van der Waals surface area contributed by atoms with Gasteiger partial charge in [-0.15, -0.1) is 0 Å². The van der Waals surface area contributed by atoms with E-state index in [1.807, 2.05) is 32.0 Å². The maximum absolute atomic E-state index is 12.2. The largest absolute Gasteiger partial charge is 0.342 e. The third-order valence-electron chi connectivity index (χ3n) is 3.26. The van der Waals surface area contributed by atoms with E-state index in [2.05, 4.69) is 10.3 Å². The first-order valence-electron chi connectivity index (χ1n) is 6.65. The zero-order valence-electron chi connectivity index (χ0n) is 11.9. The number of ketones is 1. The Morgan fingerprint density at radius 2 is 1.95 bits per heavy atom. The van der Waals surface area contributed by atoms with Crippen molar-refractivity contribution < 1.29 is 9.59 Å². The lowest BCUT2D eigenvalue weighted by Crippen LogP contribution is -2.43. The van der Waals surface area contributed by atoms with E-state index in [0.29, 0.717) is 5.56 Å². The molecule has 0 saturated heterocycles. The molecule has 1 aromatic carbocycles. The van der Waals surface area contributed by atoms with Crippen LogP contribution in [0.2, 0.25) is 0 Å². The fourth-order valence-corrected chi connectivity index (χ4v) is 2.18. The maximum Gasteiger partial charge on any atom is 0.251 e. The number of amides is 1. The molecule has 1 N–H and O–H groups in total. The molecule has 4 nitrogen and oxygen atoms in total. The van der Waals surface area contributed by atoms with E-state index >= 15 is 0 Å². The molecule has 1 heterocycles. The van der Waals surface area contributed by atoms with E-state index in [1.54, 1.807) is 18.3 Å². The minimum atomic E-state index is -0.452. The van der Waals surface area contributed by atoms with Gasteiger partial charge in [-0.3, -0.25) is 14.6 Å².